The van der Waals surface area contributed by atoms with Crippen LogP contribution in [0.4, 0.5) is 11.4 Å². The second kappa shape index (κ2) is 11.7. The van der Waals surface area contributed by atoms with Gasteiger partial charge < -0.3 is 15.7 Å². The standard InChI is InChI=1S/C38H44N2O3/c1-18-24(7)36(39-16-41)25(8)19(2)33(18)30-13-31(34-20(3)26(9)37(40-17-42)27(10)21(34)4)15-32(14-30)35-22(5)28(11)38(43)29(12)23(35)6/h13-17,43H,1-12H3,(H,39,41)(H,40,42). The van der Waals surface area contributed by atoms with Crippen molar-refractivity contribution in [3.63, 3.8) is 0 Å². The summed E-state index contributed by atoms with van der Waals surface area (Å²) in [6, 6.07) is 6.81. The summed E-state index contributed by atoms with van der Waals surface area (Å²) in [5, 5.41) is 16.7. The molecule has 0 fully saturated rings. The molecule has 0 saturated heterocycles. The highest BCUT2D eigenvalue weighted by atomic mass is 16.3. The Morgan fingerprint density at radius 3 is 0.884 bits per heavy atom. The number of hydrogen-bond acceptors (Lipinski definition) is 3. The van der Waals surface area contributed by atoms with Crippen molar-refractivity contribution in [1.82, 2.24) is 0 Å². The molecule has 2 amide bonds. The summed E-state index contributed by atoms with van der Waals surface area (Å²) >= 11 is 0. The second-order valence-corrected chi connectivity index (χ2v) is 12.0. The summed E-state index contributed by atoms with van der Waals surface area (Å²) in [4.78, 5) is 22.9. The molecule has 0 unspecified atom stereocenters. The number of nitrogens with one attached hydrogen (secondary N) is 2. The second-order valence-electron chi connectivity index (χ2n) is 12.0. The van der Waals surface area contributed by atoms with Gasteiger partial charge in [-0.3, -0.25) is 9.59 Å². The third-order valence-corrected chi connectivity index (χ3v) is 10.0. The Hall–Kier alpha value is -4.38. The number of carbonyl (C=O) groups is 2. The number of phenolic OH excluding ortho intramolecular Hbond substituents is 1. The molecule has 0 bridgehead atoms. The van der Waals surface area contributed by atoms with E-state index in [4.69, 9.17) is 0 Å². The molecule has 0 saturated carbocycles. The highest BCUT2D eigenvalue weighted by Crippen LogP contribution is 2.45. The van der Waals surface area contributed by atoms with Gasteiger partial charge in [-0.15, -0.1) is 0 Å². The van der Waals surface area contributed by atoms with Crippen LogP contribution in [0.2, 0.25) is 0 Å². The van der Waals surface area contributed by atoms with Crippen LogP contribution in [0.5, 0.6) is 5.75 Å². The summed E-state index contributed by atoms with van der Waals surface area (Å²) in [6.45, 7) is 24.8. The molecule has 5 heteroatoms. The number of amides is 2. The molecule has 4 rings (SSSR count). The molecular formula is C38H44N2O3. The van der Waals surface area contributed by atoms with Crippen LogP contribution in [-0.2, 0) is 9.59 Å². The van der Waals surface area contributed by atoms with Crippen molar-refractivity contribution in [3.05, 3.63) is 85.0 Å². The molecular weight excluding hydrogens is 532 g/mol. The highest BCUT2D eigenvalue weighted by Gasteiger charge is 2.22. The molecule has 0 aliphatic rings. The van der Waals surface area contributed by atoms with Crippen LogP contribution in [0.1, 0.15) is 66.8 Å². The summed E-state index contributed by atoms with van der Waals surface area (Å²) in [7, 11) is 0. The summed E-state index contributed by atoms with van der Waals surface area (Å²) in [5.74, 6) is 0.350. The van der Waals surface area contributed by atoms with Gasteiger partial charge in [0.05, 0.1) is 0 Å². The molecule has 224 valence electrons. The molecule has 0 aliphatic heterocycles. The Morgan fingerprint density at radius 2 is 0.651 bits per heavy atom. The third kappa shape index (κ3) is 5.01. The molecule has 43 heavy (non-hydrogen) atoms. The van der Waals surface area contributed by atoms with Crippen molar-refractivity contribution in [2.45, 2.75) is 83.1 Å². The average Bonchev–Trinajstić information content (AvgIpc) is 2.97. The first-order valence-corrected chi connectivity index (χ1v) is 14.8. The van der Waals surface area contributed by atoms with E-state index >= 15 is 0 Å². The fourth-order valence-electron chi connectivity index (χ4n) is 6.83. The molecule has 0 aliphatic carbocycles. The highest BCUT2D eigenvalue weighted by molar-refractivity contribution is 5.91. The van der Waals surface area contributed by atoms with Crippen LogP contribution in [0.25, 0.3) is 33.4 Å². The zero-order valence-corrected chi connectivity index (χ0v) is 27.7. The predicted molar refractivity (Wildman–Crippen MR) is 181 cm³/mol. The minimum Gasteiger partial charge on any atom is -0.507 e. The first-order valence-electron chi connectivity index (χ1n) is 14.8. The largest absolute Gasteiger partial charge is 0.507 e. The number of aromatic hydroxyl groups is 1. The van der Waals surface area contributed by atoms with E-state index in [1.807, 2.05) is 13.8 Å². The van der Waals surface area contributed by atoms with E-state index in [1.165, 1.54) is 0 Å². The average molecular weight is 577 g/mol. The maximum absolute atomic E-state index is 11.4. The van der Waals surface area contributed by atoms with E-state index in [0.717, 1.165) is 124 Å². The molecule has 3 N–H and O–H groups in total. The lowest BCUT2D eigenvalue weighted by Gasteiger charge is -2.24. The van der Waals surface area contributed by atoms with Crippen molar-refractivity contribution in [3.8, 4) is 39.1 Å². The Morgan fingerprint density at radius 1 is 0.419 bits per heavy atom. The fraction of sp³-hybridized carbons (Fsp3) is 0.316. The topological polar surface area (TPSA) is 78.4 Å². The van der Waals surface area contributed by atoms with Crippen LogP contribution in [-0.4, -0.2) is 17.9 Å². The van der Waals surface area contributed by atoms with Crippen molar-refractivity contribution in [2.24, 2.45) is 0 Å². The maximum Gasteiger partial charge on any atom is 0.211 e. The van der Waals surface area contributed by atoms with E-state index in [-0.39, 0.29) is 0 Å². The van der Waals surface area contributed by atoms with E-state index in [2.05, 4.69) is 98.1 Å². The number of hydrogen-bond donors (Lipinski definition) is 3. The van der Waals surface area contributed by atoms with Gasteiger partial charge in [-0.2, -0.15) is 0 Å². The Labute approximate surface area is 256 Å². The van der Waals surface area contributed by atoms with Gasteiger partial charge in [0.1, 0.15) is 5.75 Å². The quantitative estimate of drug-likeness (QED) is 0.192. The van der Waals surface area contributed by atoms with Gasteiger partial charge in [0, 0.05) is 11.4 Å². The van der Waals surface area contributed by atoms with E-state index in [9.17, 15) is 14.7 Å². The molecule has 0 heterocycles. The van der Waals surface area contributed by atoms with Gasteiger partial charge in [-0.05, 0) is 201 Å². The van der Waals surface area contributed by atoms with Gasteiger partial charge in [0.15, 0.2) is 0 Å². The first-order chi connectivity index (χ1) is 20.2. The van der Waals surface area contributed by atoms with Crippen molar-refractivity contribution >= 4 is 24.2 Å². The third-order valence-electron chi connectivity index (χ3n) is 10.0. The molecule has 4 aromatic rings. The summed E-state index contributed by atoms with van der Waals surface area (Å²) in [5.41, 5.74) is 21.0. The zero-order chi connectivity index (χ0) is 32.1. The zero-order valence-electron chi connectivity index (χ0n) is 27.7. The Bertz CT molecular complexity index is 1650. The number of anilines is 2. The van der Waals surface area contributed by atoms with Gasteiger partial charge in [-0.25, -0.2) is 0 Å². The van der Waals surface area contributed by atoms with Crippen LogP contribution >= 0.6 is 0 Å². The molecule has 5 nitrogen and oxygen atoms in total. The van der Waals surface area contributed by atoms with Gasteiger partial charge >= 0.3 is 0 Å². The maximum atomic E-state index is 11.4. The molecule has 0 spiro atoms. The number of benzene rings is 4. The predicted octanol–water partition coefficient (Wildman–Crippen LogP) is 9.23. The molecule has 0 atom stereocenters. The van der Waals surface area contributed by atoms with Crippen LogP contribution in [0.3, 0.4) is 0 Å². The minimum atomic E-state index is 0.350. The SMILES string of the molecule is Cc1c(C)c(-c2cc(-c3c(C)c(C)c(NC=O)c(C)c3C)cc(-c3c(C)c(C)c(NC=O)c(C)c3C)c2)c(C)c(C)c1O. The van der Waals surface area contributed by atoms with E-state index in [0.29, 0.717) is 5.75 Å². The first kappa shape index (κ1) is 31.6. The monoisotopic (exact) mass is 576 g/mol. The molecule has 4 aromatic carbocycles. The fourth-order valence-corrected chi connectivity index (χ4v) is 6.83. The van der Waals surface area contributed by atoms with Crippen LogP contribution < -0.4 is 10.6 Å². The normalized spacial score (nSPS) is 11.1. The smallest absolute Gasteiger partial charge is 0.211 e. The Kier molecular flexibility index (Phi) is 8.60. The van der Waals surface area contributed by atoms with E-state index < -0.39 is 0 Å². The Balaban J connectivity index is 2.20. The van der Waals surface area contributed by atoms with Gasteiger partial charge in [0.2, 0.25) is 12.8 Å². The lowest BCUT2D eigenvalue weighted by atomic mass is 9.81. The number of phenols is 1. The summed E-state index contributed by atoms with van der Waals surface area (Å²) in [6.07, 6.45) is 1.49. The van der Waals surface area contributed by atoms with E-state index in [1.54, 1.807) is 0 Å². The summed E-state index contributed by atoms with van der Waals surface area (Å²) < 4.78 is 0. The van der Waals surface area contributed by atoms with Crippen molar-refractivity contribution in [1.29, 1.82) is 0 Å². The van der Waals surface area contributed by atoms with Crippen LogP contribution in [0, 0.1) is 83.1 Å². The van der Waals surface area contributed by atoms with Crippen molar-refractivity contribution < 1.29 is 14.7 Å². The van der Waals surface area contributed by atoms with Crippen molar-refractivity contribution in [2.75, 3.05) is 10.6 Å². The number of carbonyl (C=O) groups excluding carboxylic acids is 2. The minimum absolute atomic E-state index is 0.350. The lowest BCUT2D eigenvalue weighted by Crippen LogP contribution is -2.06. The van der Waals surface area contributed by atoms with Crippen LogP contribution in [0.15, 0.2) is 18.2 Å². The van der Waals surface area contributed by atoms with Gasteiger partial charge in [-0.1, -0.05) is 0 Å². The number of rotatable bonds is 7. The molecule has 0 aromatic heterocycles. The van der Waals surface area contributed by atoms with Gasteiger partial charge in [0.25, 0.3) is 0 Å². The lowest BCUT2D eigenvalue weighted by molar-refractivity contribution is -0.106. The molecule has 0 radical (unpaired) electrons.